The average molecular weight is 615 g/mol. The highest BCUT2D eigenvalue weighted by molar-refractivity contribution is 6.32. The van der Waals surface area contributed by atoms with Crippen LogP contribution in [0.5, 0.6) is 5.75 Å². The first-order chi connectivity index (χ1) is 19.2. The van der Waals surface area contributed by atoms with Crippen molar-refractivity contribution in [3.05, 3.63) is 88.4 Å². The van der Waals surface area contributed by atoms with Gasteiger partial charge in [0.1, 0.15) is 11.6 Å². The van der Waals surface area contributed by atoms with Gasteiger partial charge in [0.2, 0.25) is 5.91 Å². The van der Waals surface area contributed by atoms with E-state index in [4.69, 9.17) is 28.2 Å². The quantitative estimate of drug-likeness (QED) is 0.201. The largest absolute Gasteiger partial charge is 0.506 e. The summed E-state index contributed by atoms with van der Waals surface area (Å²) >= 11 is 12.1. The number of aromatic hydroxyl groups is 1. The van der Waals surface area contributed by atoms with Crippen molar-refractivity contribution in [1.29, 1.82) is 0 Å². The molecule has 1 amide bonds. The van der Waals surface area contributed by atoms with E-state index in [1.165, 1.54) is 5.56 Å². The minimum Gasteiger partial charge on any atom is -0.506 e. The number of hydrogen-bond acceptors (Lipinski definition) is 5. The Morgan fingerprint density at radius 2 is 1.83 bits per heavy atom. The highest BCUT2D eigenvalue weighted by Crippen LogP contribution is 2.36. The summed E-state index contributed by atoms with van der Waals surface area (Å²) in [7, 11) is 0. The zero-order valence-electron chi connectivity index (χ0n) is 23.0. The number of amides is 1. The van der Waals surface area contributed by atoms with Crippen LogP contribution in [0.25, 0.3) is 22.5 Å². The Labute approximate surface area is 256 Å². The molecule has 2 aromatic carbocycles. The summed E-state index contributed by atoms with van der Waals surface area (Å²) in [5, 5.41) is 14.4. The summed E-state index contributed by atoms with van der Waals surface area (Å²) < 4.78 is 0. The van der Waals surface area contributed by atoms with Gasteiger partial charge in [0, 0.05) is 53.6 Å². The first-order valence-electron chi connectivity index (χ1n) is 13.4. The maximum absolute atomic E-state index is 13.3. The van der Waals surface area contributed by atoms with E-state index in [2.05, 4.69) is 34.0 Å². The predicted octanol–water partition coefficient (Wildman–Crippen LogP) is 6.88. The second-order valence-electron chi connectivity index (χ2n) is 11.0. The summed E-state index contributed by atoms with van der Waals surface area (Å²) in [6.45, 7) is 7.05. The van der Waals surface area contributed by atoms with E-state index in [-0.39, 0.29) is 35.0 Å². The van der Waals surface area contributed by atoms with Gasteiger partial charge in [0.15, 0.2) is 0 Å². The number of H-pyrrole nitrogens is 1. The van der Waals surface area contributed by atoms with Gasteiger partial charge in [0.25, 0.3) is 0 Å². The Morgan fingerprint density at radius 1 is 1.10 bits per heavy atom. The number of pyridine rings is 1. The number of phenols is 1. The van der Waals surface area contributed by atoms with Gasteiger partial charge in [0.05, 0.1) is 22.3 Å². The Balaban J connectivity index is 0.00000387. The number of carbonyl (C=O) groups is 1. The van der Waals surface area contributed by atoms with Crippen LogP contribution in [0.2, 0.25) is 10.0 Å². The first-order valence-corrected chi connectivity index (χ1v) is 14.2. The number of rotatable bonds is 8. The fourth-order valence-corrected chi connectivity index (χ4v) is 5.33. The van der Waals surface area contributed by atoms with E-state index in [9.17, 15) is 9.90 Å². The van der Waals surface area contributed by atoms with Crippen molar-refractivity contribution in [1.82, 2.24) is 25.2 Å². The van der Waals surface area contributed by atoms with E-state index >= 15 is 0 Å². The minimum absolute atomic E-state index is 0. The van der Waals surface area contributed by atoms with Gasteiger partial charge in [-0.25, -0.2) is 4.98 Å². The number of nitrogens with one attached hydrogen (secondary N) is 2. The van der Waals surface area contributed by atoms with Crippen LogP contribution in [0.3, 0.4) is 0 Å². The van der Waals surface area contributed by atoms with E-state index < -0.39 is 5.41 Å². The number of halogens is 3. The lowest BCUT2D eigenvalue weighted by Gasteiger charge is -2.33. The fourth-order valence-electron chi connectivity index (χ4n) is 5.09. The van der Waals surface area contributed by atoms with Crippen molar-refractivity contribution in [2.45, 2.75) is 38.6 Å². The number of nitrogens with zero attached hydrogens (tertiary/aromatic N) is 3. The minimum atomic E-state index is -0.484. The number of imidazole rings is 1. The fraction of sp³-hybridized carbons (Fsp3) is 0.323. The van der Waals surface area contributed by atoms with Crippen LogP contribution < -0.4 is 5.32 Å². The molecule has 10 heteroatoms. The molecule has 0 aliphatic carbocycles. The molecule has 2 aromatic heterocycles. The number of piperidine rings is 1. The van der Waals surface area contributed by atoms with Crippen LogP contribution in [0, 0.1) is 5.92 Å². The lowest BCUT2D eigenvalue weighted by Crippen LogP contribution is -2.45. The molecule has 7 nitrogen and oxygen atoms in total. The molecule has 0 saturated carbocycles. The Morgan fingerprint density at radius 3 is 2.54 bits per heavy atom. The molecule has 0 bridgehead atoms. The average Bonchev–Trinajstić information content (AvgIpc) is 3.42. The molecule has 1 fully saturated rings. The molecule has 41 heavy (non-hydrogen) atoms. The molecule has 0 spiro atoms. The standard InChI is InChI=1S/C31H33Cl2N5O2.ClH/c1-31(2,19-35-29(40)23-4-3-15-38(18-23)17-20-5-8-24(32)9-6-20)30-36-27(21-11-13-34-14-12-21)28(37-30)22-7-10-25(33)26(39)16-22;/h5-14,16,23,39H,3-4,15,17-19H2,1-2H3,(H,35,40)(H,36,37);1H/t23-;/m1./s1. The lowest BCUT2D eigenvalue weighted by molar-refractivity contribution is -0.127. The van der Waals surface area contributed by atoms with Crippen molar-refractivity contribution in [2.24, 2.45) is 5.92 Å². The predicted molar refractivity (Wildman–Crippen MR) is 167 cm³/mol. The highest BCUT2D eigenvalue weighted by atomic mass is 35.5. The summed E-state index contributed by atoms with van der Waals surface area (Å²) in [5.74, 6) is 0.733. The van der Waals surface area contributed by atoms with Gasteiger partial charge in [-0.05, 0) is 61.3 Å². The number of aromatic nitrogens is 3. The first kappa shape index (κ1) is 30.8. The molecular formula is C31H34Cl3N5O2. The second kappa shape index (κ2) is 13.3. The lowest BCUT2D eigenvalue weighted by atomic mass is 9.91. The molecule has 216 valence electrons. The SMILES string of the molecule is CC(C)(CNC(=O)[C@@H]1CCCN(Cc2ccc(Cl)cc2)C1)c1nc(-c2ccc(Cl)c(O)c2)c(-c2ccncc2)[nH]1.Cl. The van der Waals surface area contributed by atoms with Crippen molar-refractivity contribution < 1.29 is 9.90 Å². The Bertz CT molecular complexity index is 1480. The van der Waals surface area contributed by atoms with Crippen molar-refractivity contribution in [3.63, 3.8) is 0 Å². The van der Waals surface area contributed by atoms with Crippen LogP contribution in [0.15, 0.2) is 67.0 Å². The highest BCUT2D eigenvalue weighted by Gasteiger charge is 2.31. The number of benzene rings is 2. The number of phenolic OH excluding ortho intramolecular Hbond substituents is 1. The molecule has 4 aromatic rings. The van der Waals surface area contributed by atoms with Gasteiger partial charge in [-0.3, -0.25) is 14.7 Å². The number of likely N-dealkylation sites (tertiary alicyclic amines) is 1. The van der Waals surface area contributed by atoms with Crippen LogP contribution in [-0.2, 0) is 16.8 Å². The second-order valence-corrected chi connectivity index (χ2v) is 11.9. The van der Waals surface area contributed by atoms with Crippen LogP contribution in [0.4, 0.5) is 0 Å². The topological polar surface area (TPSA) is 94.1 Å². The zero-order chi connectivity index (χ0) is 28.3. The molecule has 1 aliphatic heterocycles. The van der Waals surface area contributed by atoms with E-state index in [0.717, 1.165) is 60.1 Å². The van der Waals surface area contributed by atoms with Gasteiger partial charge in [-0.15, -0.1) is 12.4 Å². The maximum Gasteiger partial charge on any atom is 0.224 e. The molecule has 0 unspecified atom stereocenters. The zero-order valence-corrected chi connectivity index (χ0v) is 25.4. The van der Waals surface area contributed by atoms with Gasteiger partial charge in [-0.2, -0.15) is 0 Å². The molecular weight excluding hydrogens is 581 g/mol. The van der Waals surface area contributed by atoms with Crippen molar-refractivity contribution in [2.75, 3.05) is 19.6 Å². The van der Waals surface area contributed by atoms with Crippen molar-refractivity contribution in [3.8, 4) is 28.3 Å². The Hall–Kier alpha value is -3.10. The monoisotopic (exact) mass is 613 g/mol. The molecule has 1 atom stereocenters. The molecule has 3 N–H and O–H groups in total. The summed E-state index contributed by atoms with van der Waals surface area (Å²) in [4.78, 5) is 28.2. The van der Waals surface area contributed by atoms with Gasteiger partial charge >= 0.3 is 0 Å². The van der Waals surface area contributed by atoms with E-state index in [1.807, 2.05) is 42.5 Å². The van der Waals surface area contributed by atoms with E-state index in [1.54, 1.807) is 24.5 Å². The summed E-state index contributed by atoms with van der Waals surface area (Å²) in [5.41, 5.74) is 3.86. The van der Waals surface area contributed by atoms with Gasteiger partial charge in [-0.1, -0.05) is 55.2 Å². The van der Waals surface area contributed by atoms with E-state index in [0.29, 0.717) is 12.2 Å². The molecule has 5 rings (SSSR count). The molecule has 1 aliphatic rings. The van der Waals surface area contributed by atoms with Crippen LogP contribution >= 0.6 is 35.6 Å². The van der Waals surface area contributed by atoms with Crippen LogP contribution in [-0.4, -0.2) is 50.5 Å². The summed E-state index contributed by atoms with van der Waals surface area (Å²) in [6.07, 6.45) is 5.32. The summed E-state index contributed by atoms with van der Waals surface area (Å²) in [6, 6.07) is 16.8. The maximum atomic E-state index is 13.3. The van der Waals surface area contributed by atoms with Crippen LogP contribution in [0.1, 0.15) is 38.1 Å². The molecule has 0 radical (unpaired) electrons. The number of hydrogen-bond donors (Lipinski definition) is 3. The third-order valence-electron chi connectivity index (χ3n) is 7.43. The number of aromatic amines is 1. The number of carbonyl (C=O) groups excluding carboxylic acids is 1. The smallest absolute Gasteiger partial charge is 0.224 e. The Kier molecular flexibility index (Phi) is 9.97. The van der Waals surface area contributed by atoms with Gasteiger partial charge < -0.3 is 15.4 Å². The molecule has 1 saturated heterocycles. The third kappa shape index (κ3) is 7.41. The molecule has 3 heterocycles. The van der Waals surface area contributed by atoms with Crippen molar-refractivity contribution >= 4 is 41.5 Å². The normalized spacial score (nSPS) is 15.8. The third-order valence-corrected chi connectivity index (χ3v) is 8.01.